The fourth-order valence-electron chi connectivity index (χ4n) is 2.44. The van der Waals surface area contributed by atoms with Crippen LogP contribution in [0.15, 0.2) is 60.8 Å². The zero-order valence-corrected chi connectivity index (χ0v) is 13.3. The largest absolute Gasteiger partial charge is 0.348 e. The Labute approximate surface area is 135 Å². The maximum Gasteiger partial charge on any atom is 0.251 e. The summed E-state index contributed by atoms with van der Waals surface area (Å²) in [7, 11) is 1.89. The third kappa shape index (κ3) is 3.31. The molecule has 3 rings (SSSR count). The predicted octanol–water partition coefficient (Wildman–Crippen LogP) is 3.33. The van der Waals surface area contributed by atoms with E-state index >= 15 is 0 Å². The first-order valence-corrected chi connectivity index (χ1v) is 7.56. The Morgan fingerprint density at radius 3 is 2.30 bits per heavy atom. The molecule has 0 bridgehead atoms. The highest BCUT2D eigenvalue weighted by atomic mass is 16.1. The molecule has 1 amide bonds. The minimum atomic E-state index is -0.0761. The van der Waals surface area contributed by atoms with Crippen LogP contribution in [-0.2, 0) is 13.6 Å². The van der Waals surface area contributed by atoms with Gasteiger partial charge in [0.25, 0.3) is 5.91 Å². The molecule has 0 radical (unpaired) electrons. The Kier molecular flexibility index (Phi) is 4.24. The van der Waals surface area contributed by atoms with Crippen LogP contribution in [0, 0.1) is 6.92 Å². The maximum atomic E-state index is 12.2. The lowest BCUT2D eigenvalue weighted by atomic mass is 10.0. The van der Waals surface area contributed by atoms with Gasteiger partial charge in [0, 0.05) is 30.4 Å². The van der Waals surface area contributed by atoms with Gasteiger partial charge in [-0.05, 0) is 30.2 Å². The van der Waals surface area contributed by atoms with E-state index < -0.39 is 0 Å². The SMILES string of the molecule is Cc1c(CNC(=O)c2ccc(-c3ccccc3)cc2)cnn1C. The Morgan fingerprint density at radius 2 is 1.70 bits per heavy atom. The summed E-state index contributed by atoms with van der Waals surface area (Å²) in [6, 6.07) is 17.8. The molecule has 0 fully saturated rings. The number of hydrogen-bond acceptors (Lipinski definition) is 2. The summed E-state index contributed by atoms with van der Waals surface area (Å²) in [6.07, 6.45) is 1.79. The summed E-state index contributed by atoms with van der Waals surface area (Å²) in [6.45, 7) is 2.47. The molecule has 0 aliphatic carbocycles. The van der Waals surface area contributed by atoms with Crippen LogP contribution in [0.4, 0.5) is 0 Å². The standard InChI is InChI=1S/C19H19N3O/c1-14-18(13-21-22(14)2)12-20-19(23)17-10-8-16(9-11-17)15-6-4-3-5-7-15/h3-11,13H,12H2,1-2H3,(H,20,23). The summed E-state index contributed by atoms with van der Waals surface area (Å²) >= 11 is 0. The van der Waals surface area contributed by atoms with E-state index in [0.29, 0.717) is 12.1 Å². The lowest BCUT2D eigenvalue weighted by molar-refractivity contribution is 0.0951. The topological polar surface area (TPSA) is 46.9 Å². The van der Waals surface area contributed by atoms with Crippen LogP contribution in [0.5, 0.6) is 0 Å². The molecule has 116 valence electrons. The Morgan fingerprint density at radius 1 is 1.04 bits per heavy atom. The van der Waals surface area contributed by atoms with E-state index in [1.807, 2.05) is 56.4 Å². The van der Waals surface area contributed by atoms with Gasteiger partial charge in [-0.2, -0.15) is 5.10 Å². The second-order valence-corrected chi connectivity index (χ2v) is 5.50. The molecule has 0 unspecified atom stereocenters. The molecule has 4 nitrogen and oxygen atoms in total. The predicted molar refractivity (Wildman–Crippen MR) is 91.0 cm³/mol. The van der Waals surface area contributed by atoms with E-state index in [1.54, 1.807) is 10.9 Å². The number of nitrogens with zero attached hydrogens (tertiary/aromatic N) is 2. The number of carbonyl (C=O) groups is 1. The first kappa shape index (κ1) is 15.0. The van der Waals surface area contributed by atoms with Crippen LogP contribution in [0.1, 0.15) is 21.6 Å². The van der Waals surface area contributed by atoms with E-state index in [-0.39, 0.29) is 5.91 Å². The fraction of sp³-hybridized carbons (Fsp3) is 0.158. The van der Waals surface area contributed by atoms with Crippen molar-refractivity contribution in [2.75, 3.05) is 0 Å². The van der Waals surface area contributed by atoms with Crippen LogP contribution >= 0.6 is 0 Å². The highest BCUT2D eigenvalue weighted by Gasteiger charge is 2.08. The monoisotopic (exact) mass is 305 g/mol. The van der Waals surface area contributed by atoms with E-state index in [1.165, 1.54) is 0 Å². The van der Waals surface area contributed by atoms with Gasteiger partial charge in [0.2, 0.25) is 0 Å². The van der Waals surface area contributed by atoms with Gasteiger partial charge in [-0.3, -0.25) is 9.48 Å². The van der Waals surface area contributed by atoms with E-state index in [4.69, 9.17) is 0 Å². The summed E-state index contributed by atoms with van der Waals surface area (Å²) < 4.78 is 1.80. The molecule has 0 aliphatic rings. The first-order valence-electron chi connectivity index (χ1n) is 7.56. The van der Waals surface area contributed by atoms with Crippen molar-refractivity contribution in [1.29, 1.82) is 0 Å². The van der Waals surface area contributed by atoms with E-state index in [2.05, 4.69) is 22.5 Å². The van der Waals surface area contributed by atoms with E-state index in [0.717, 1.165) is 22.4 Å². The lowest BCUT2D eigenvalue weighted by Gasteiger charge is -2.06. The molecule has 0 saturated carbocycles. The second-order valence-electron chi connectivity index (χ2n) is 5.50. The highest BCUT2D eigenvalue weighted by Crippen LogP contribution is 2.19. The van der Waals surface area contributed by atoms with Crippen molar-refractivity contribution in [3.63, 3.8) is 0 Å². The number of carbonyl (C=O) groups excluding carboxylic acids is 1. The minimum Gasteiger partial charge on any atom is -0.348 e. The molecule has 1 aromatic heterocycles. The second kappa shape index (κ2) is 6.48. The Bertz CT molecular complexity index is 804. The number of amides is 1. The molecule has 1 heterocycles. The van der Waals surface area contributed by atoms with Crippen molar-refractivity contribution in [2.45, 2.75) is 13.5 Å². The molecule has 3 aromatic rings. The maximum absolute atomic E-state index is 12.2. The van der Waals surface area contributed by atoms with Gasteiger partial charge in [-0.15, -0.1) is 0 Å². The third-order valence-corrected chi connectivity index (χ3v) is 4.03. The average Bonchev–Trinajstić information content (AvgIpc) is 2.92. The van der Waals surface area contributed by atoms with Gasteiger partial charge >= 0.3 is 0 Å². The number of hydrogen-bond donors (Lipinski definition) is 1. The first-order chi connectivity index (χ1) is 11.1. The molecule has 23 heavy (non-hydrogen) atoms. The molecular weight excluding hydrogens is 286 g/mol. The Hall–Kier alpha value is -2.88. The smallest absolute Gasteiger partial charge is 0.251 e. The van der Waals surface area contributed by atoms with Crippen molar-refractivity contribution < 1.29 is 4.79 Å². The number of nitrogens with one attached hydrogen (secondary N) is 1. The van der Waals surface area contributed by atoms with Gasteiger partial charge in [0.1, 0.15) is 0 Å². The molecule has 4 heteroatoms. The van der Waals surface area contributed by atoms with Crippen LogP contribution in [0.25, 0.3) is 11.1 Å². The normalized spacial score (nSPS) is 10.5. The van der Waals surface area contributed by atoms with E-state index in [9.17, 15) is 4.79 Å². The number of aromatic nitrogens is 2. The van der Waals surface area contributed by atoms with Crippen molar-refractivity contribution in [1.82, 2.24) is 15.1 Å². The van der Waals surface area contributed by atoms with Crippen molar-refractivity contribution in [2.24, 2.45) is 7.05 Å². The summed E-state index contributed by atoms with van der Waals surface area (Å²) in [4.78, 5) is 12.2. The molecule has 2 aromatic carbocycles. The van der Waals surface area contributed by atoms with Crippen LogP contribution in [-0.4, -0.2) is 15.7 Å². The lowest BCUT2D eigenvalue weighted by Crippen LogP contribution is -2.22. The number of rotatable bonds is 4. The molecule has 0 aliphatic heterocycles. The molecule has 0 spiro atoms. The number of aryl methyl sites for hydroxylation is 1. The average molecular weight is 305 g/mol. The van der Waals surface area contributed by atoms with Crippen LogP contribution in [0.2, 0.25) is 0 Å². The minimum absolute atomic E-state index is 0.0761. The van der Waals surface area contributed by atoms with Gasteiger partial charge in [-0.1, -0.05) is 42.5 Å². The summed E-state index contributed by atoms with van der Waals surface area (Å²) in [5.74, 6) is -0.0761. The van der Waals surface area contributed by atoms with Crippen molar-refractivity contribution in [3.05, 3.63) is 77.6 Å². The van der Waals surface area contributed by atoms with Crippen LogP contribution in [0.3, 0.4) is 0 Å². The van der Waals surface area contributed by atoms with Gasteiger partial charge in [-0.25, -0.2) is 0 Å². The molecule has 1 N–H and O–H groups in total. The third-order valence-electron chi connectivity index (χ3n) is 4.03. The zero-order valence-electron chi connectivity index (χ0n) is 13.3. The fourth-order valence-corrected chi connectivity index (χ4v) is 2.44. The number of benzene rings is 2. The van der Waals surface area contributed by atoms with Crippen molar-refractivity contribution >= 4 is 5.91 Å². The van der Waals surface area contributed by atoms with Gasteiger partial charge < -0.3 is 5.32 Å². The van der Waals surface area contributed by atoms with Crippen molar-refractivity contribution in [3.8, 4) is 11.1 Å². The molecule has 0 saturated heterocycles. The molecule has 0 atom stereocenters. The van der Waals surface area contributed by atoms with Gasteiger partial charge in [0.15, 0.2) is 0 Å². The summed E-state index contributed by atoms with van der Waals surface area (Å²) in [5, 5.41) is 7.11. The summed E-state index contributed by atoms with van der Waals surface area (Å²) in [5.41, 5.74) is 4.99. The Balaban J connectivity index is 1.67. The molecular formula is C19H19N3O. The highest BCUT2D eigenvalue weighted by molar-refractivity contribution is 5.94. The van der Waals surface area contributed by atoms with Gasteiger partial charge in [0.05, 0.1) is 6.20 Å². The zero-order chi connectivity index (χ0) is 16.2. The quantitative estimate of drug-likeness (QED) is 0.803. The van der Waals surface area contributed by atoms with Crippen LogP contribution < -0.4 is 5.32 Å².